The number of amides is 3. The third-order valence-electron chi connectivity index (χ3n) is 5.03. The minimum absolute atomic E-state index is 0.00539. The summed E-state index contributed by atoms with van der Waals surface area (Å²) in [6.45, 7) is 4.81. The second-order valence-electron chi connectivity index (χ2n) is 8.71. The molecule has 3 amide bonds. The third kappa shape index (κ3) is 10.5. The van der Waals surface area contributed by atoms with Crippen molar-refractivity contribution in [1.29, 1.82) is 0 Å². The summed E-state index contributed by atoms with van der Waals surface area (Å²) in [5.41, 5.74) is 6.26. The van der Waals surface area contributed by atoms with Crippen LogP contribution >= 0.6 is 0 Å². The maximum atomic E-state index is 13.1. The van der Waals surface area contributed by atoms with E-state index < -0.39 is 66.4 Å². The van der Waals surface area contributed by atoms with Crippen molar-refractivity contribution in [3.8, 4) is 0 Å². The Morgan fingerprint density at radius 3 is 1.89 bits per heavy atom. The van der Waals surface area contributed by atoms with Crippen molar-refractivity contribution in [2.45, 2.75) is 70.3 Å². The zero-order chi connectivity index (χ0) is 26.7. The van der Waals surface area contributed by atoms with Crippen LogP contribution in [0.4, 0.5) is 0 Å². The summed E-state index contributed by atoms with van der Waals surface area (Å²) < 4.78 is 0. The molecule has 0 heterocycles. The van der Waals surface area contributed by atoms with Crippen LogP contribution in [0, 0.1) is 5.92 Å². The summed E-state index contributed by atoms with van der Waals surface area (Å²) in [6.07, 6.45) is -1.85. The smallest absolute Gasteiger partial charge is 0.328 e. The Balaban J connectivity index is 3.12. The minimum Gasteiger partial charge on any atom is -0.481 e. The highest BCUT2D eigenvalue weighted by atomic mass is 16.4. The van der Waals surface area contributed by atoms with Crippen LogP contribution in [0.15, 0.2) is 30.3 Å². The number of nitrogens with one attached hydrogen (secondary N) is 3. The maximum Gasteiger partial charge on any atom is 0.328 e. The molecule has 12 nitrogen and oxygen atoms in total. The number of benzene rings is 1. The lowest BCUT2D eigenvalue weighted by molar-refractivity contribution is -0.145. The van der Waals surface area contributed by atoms with Crippen molar-refractivity contribution in [3.05, 3.63) is 35.9 Å². The minimum atomic E-state index is -1.60. The van der Waals surface area contributed by atoms with Gasteiger partial charge in [-0.05, 0) is 24.8 Å². The van der Waals surface area contributed by atoms with Crippen molar-refractivity contribution in [3.63, 3.8) is 0 Å². The van der Waals surface area contributed by atoms with Crippen LogP contribution in [0.3, 0.4) is 0 Å². The average Bonchev–Trinajstić information content (AvgIpc) is 2.75. The van der Waals surface area contributed by atoms with Gasteiger partial charge in [0.05, 0.1) is 18.6 Å². The molecule has 0 aliphatic heterocycles. The normalized spacial score (nSPS) is 15.3. The number of carboxylic acids is 2. The molecule has 0 saturated heterocycles. The molecule has 0 aromatic heterocycles. The fraction of sp³-hybridized carbons (Fsp3) is 0.522. The summed E-state index contributed by atoms with van der Waals surface area (Å²) in [5.74, 6) is -5.19. The molecule has 1 aromatic rings. The van der Waals surface area contributed by atoms with E-state index in [0.717, 1.165) is 0 Å². The number of hydrogen-bond donors (Lipinski definition) is 7. The topological polar surface area (TPSA) is 208 Å². The van der Waals surface area contributed by atoms with Crippen LogP contribution in [0.25, 0.3) is 0 Å². The highest BCUT2D eigenvalue weighted by Crippen LogP contribution is 2.09. The van der Waals surface area contributed by atoms with Gasteiger partial charge >= 0.3 is 11.9 Å². The summed E-state index contributed by atoms with van der Waals surface area (Å²) in [6, 6.07) is 3.33. The van der Waals surface area contributed by atoms with Gasteiger partial charge in [-0.3, -0.25) is 19.2 Å². The molecule has 0 saturated carbocycles. The maximum absolute atomic E-state index is 13.1. The number of aliphatic carboxylic acids is 2. The highest BCUT2D eigenvalue weighted by Gasteiger charge is 2.32. The van der Waals surface area contributed by atoms with Crippen LogP contribution < -0.4 is 21.7 Å². The van der Waals surface area contributed by atoms with Gasteiger partial charge in [0.2, 0.25) is 17.7 Å². The predicted octanol–water partition coefficient (Wildman–Crippen LogP) is -1.00. The van der Waals surface area contributed by atoms with Crippen molar-refractivity contribution in [2.75, 3.05) is 0 Å². The monoisotopic (exact) mass is 494 g/mol. The predicted molar refractivity (Wildman–Crippen MR) is 125 cm³/mol. The molecule has 0 fully saturated rings. The van der Waals surface area contributed by atoms with Crippen LogP contribution in [0.1, 0.15) is 39.2 Å². The fourth-order valence-corrected chi connectivity index (χ4v) is 3.24. The van der Waals surface area contributed by atoms with E-state index in [1.54, 1.807) is 44.2 Å². The van der Waals surface area contributed by atoms with E-state index in [9.17, 15) is 34.2 Å². The molecule has 0 bridgehead atoms. The van der Waals surface area contributed by atoms with E-state index in [0.29, 0.717) is 5.56 Å². The molecule has 35 heavy (non-hydrogen) atoms. The highest BCUT2D eigenvalue weighted by molar-refractivity contribution is 5.94. The zero-order valence-electron chi connectivity index (χ0n) is 19.9. The molecular weight excluding hydrogens is 460 g/mol. The van der Waals surface area contributed by atoms with Crippen LogP contribution in [0.2, 0.25) is 0 Å². The van der Waals surface area contributed by atoms with Crippen LogP contribution in [0.5, 0.6) is 0 Å². The number of aliphatic hydroxyl groups is 1. The Kier molecular flexibility index (Phi) is 11.8. The van der Waals surface area contributed by atoms with Crippen LogP contribution in [-0.2, 0) is 30.4 Å². The summed E-state index contributed by atoms with van der Waals surface area (Å²) >= 11 is 0. The standard InChI is InChI=1S/C23H34N4O8/c1-12(2)9-16(25-20(31)15(24)11-18(29)30)21(32)26-17(10-14-7-5-4-6-8-14)22(33)27-19(13(3)28)23(34)35/h4-8,12-13,15-17,19,28H,9-11,24H2,1-3H3,(H,25,31)(H,26,32)(H,27,33)(H,29,30)(H,34,35). The lowest BCUT2D eigenvalue weighted by Gasteiger charge is -2.26. The fourth-order valence-electron chi connectivity index (χ4n) is 3.24. The second-order valence-corrected chi connectivity index (χ2v) is 8.71. The van der Waals surface area contributed by atoms with E-state index >= 15 is 0 Å². The number of hydrogen-bond acceptors (Lipinski definition) is 7. The van der Waals surface area contributed by atoms with E-state index in [1.807, 2.05) is 0 Å². The van der Waals surface area contributed by atoms with Gasteiger partial charge in [0.1, 0.15) is 12.1 Å². The lowest BCUT2D eigenvalue weighted by atomic mass is 10.00. The van der Waals surface area contributed by atoms with Gasteiger partial charge in [0.25, 0.3) is 0 Å². The largest absolute Gasteiger partial charge is 0.481 e. The first-order valence-corrected chi connectivity index (χ1v) is 11.1. The quantitative estimate of drug-likeness (QED) is 0.169. The molecule has 0 radical (unpaired) electrons. The lowest BCUT2D eigenvalue weighted by Crippen LogP contribution is -2.59. The Bertz CT molecular complexity index is 891. The molecular formula is C23H34N4O8. The first-order valence-electron chi connectivity index (χ1n) is 11.1. The molecule has 0 aliphatic carbocycles. The van der Waals surface area contributed by atoms with Crippen molar-refractivity contribution in [1.82, 2.24) is 16.0 Å². The molecule has 1 aromatic carbocycles. The van der Waals surface area contributed by atoms with E-state index in [1.165, 1.54) is 6.92 Å². The number of rotatable bonds is 14. The number of carbonyl (C=O) groups is 5. The van der Waals surface area contributed by atoms with Crippen molar-refractivity contribution in [2.24, 2.45) is 11.7 Å². The molecule has 8 N–H and O–H groups in total. The zero-order valence-corrected chi connectivity index (χ0v) is 19.9. The van der Waals surface area contributed by atoms with Gasteiger partial charge in [-0.15, -0.1) is 0 Å². The molecule has 5 unspecified atom stereocenters. The summed E-state index contributed by atoms with van der Waals surface area (Å²) in [7, 11) is 0. The molecule has 194 valence electrons. The Labute approximate surface area is 203 Å². The van der Waals surface area contributed by atoms with Gasteiger partial charge in [-0.1, -0.05) is 44.2 Å². The van der Waals surface area contributed by atoms with E-state index in [-0.39, 0.29) is 18.8 Å². The number of carboxylic acid groups (broad SMARTS) is 2. The summed E-state index contributed by atoms with van der Waals surface area (Å²) in [5, 5.41) is 35.0. The van der Waals surface area contributed by atoms with Crippen molar-refractivity contribution < 1.29 is 39.3 Å². The Hall–Kier alpha value is -3.51. The third-order valence-corrected chi connectivity index (χ3v) is 5.03. The SMILES string of the molecule is CC(C)CC(NC(=O)C(N)CC(=O)O)C(=O)NC(Cc1ccccc1)C(=O)NC(C(=O)O)C(C)O. The van der Waals surface area contributed by atoms with Gasteiger partial charge in [0.15, 0.2) is 6.04 Å². The average molecular weight is 495 g/mol. The molecule has 1 rings (SSSR count). The molecule has 0 spiro atoms. The van der Waals surface area contributed by atoms with Crippen molar-refractivity contribution >= 4 is 29.7 Å². The van der Waals surface area contributed by atoms with Gasteiger partial charge < -0.3 is 37.0 Å². The molecule has 5 atom stereocenters. The first kappa shape index (κ1) is 29.5. The van der Waals surface area contributed by atoms with Gasteiger partial charge in [-0.25, -0.2) is 4.79 Å². The van der Waals surface area contributed by atoms with Crippen LogP contribution in [-0.4, -0.2) is 75.3 Å². The van der Waals surface area contributed by atoms with E-state index in [2.05, 4.69) is 16.0 Å². The Morgan fingerprint density at radius 1 is 0.857 bits per heavy atom. The number of aliphatic hydroxyl groups excluding tert-OH is 1. The second kappa shape index (κ2) is 14.0. The van der Waals surface area contributed by atoms with E-state index in [4.69, 9.17) is 10.8 Å². The summed E-state index contributed by atoms with van der Waals surface area (Å²) in [4.78, 5) is 60.6. The van der Waals surface area contributed by atoms with Gasteiger partial charge in [0, 0.05) is 6.42 Å². The molecule has 12 heteroatoms. The molecule has 0 aliphatic rings. The number of nitrogens with two attached hydrogens (primary N) is 1. The van der Waals surface area contributed by atoms with Gasteiger partial charge in [-0.2, -0.15) is 0 Å². The Morgan fingerprint density at radius 2 is 1.40 bits per heavy atom. The first-order chi connectivity index (χ1) is 16.3. The number of carbonyl (C=O) groups excluding carboxylic acids is 3.